The van der Waals surface area contributed by atoms with Crippen LogP contribution in [0.5, 0.6) is 11.5 Å². The maximum atomic E-state index is 13.1. The van der Waals surface area contributed by atoms with Gasteiger partial charge < -0.3 is 19.7 Å². The molecule has 2 aromatic carbocycles. The lowest BCUT2D eigenvalue weighted by molar-refractivity contribution is -0.129. The van der Waals surface area contributed by atoms with E-state index in [0.29, 0.717) is 22.7 Å². The number of likely N-dealkylation sites (N-methyl/N-ethyl adjacent to an activating group) is 1. The number of benzene rings is 2. The molecular weight excluding hydrogens is 351 g/mol. The molecule has 0 aliphatic carbocycles. The van der Waals surface area contributed by atoms with Gasteiger partial charge in [0.25, 0.3) is 0 Å². The minimum Gasteiger partial charge on any atom is -0.497 e. The maximum Gasteiger partial charge on any atom is 0.246 e. The summed E-state index contributed by atoms with van der Waals surface area (Å²) in [7, 11) is 4.58. The van der Waals surface area contributed by atoms with Gasteiger partial charge in [0.15, 0.2) is 0 Å². The van der Waals surface area contributed by atoms with Crippen LogP contribution in [0.3, 0.4) is 0 Å². The van der Waals surface area contributed by atoms with E-state index < -0.39 is 11.7 Å². The molecule has 0 aliphatic heterocycles. The van der Waals surface area contributed by atoms with Gasteiger partial charge in [-0.25, -0.2) is 4.39 Å². The molecule has 0 fully saturated rings. The molecule has 0 radical (unpaired) electrons. The fraction of sp³-hybridized carbons (Fsp3) is 0.200. The summed E-state index contributed by atoms with van der Waals surface area (Å²) >= 11 is 0. The third kappa shape index (κ3) is 5.85. The highest BCUT2D eigenvalue weighted by atomic mass is 19.1. The van der Waals surface area contributed by atoms with Gasteiger partial charge in [-0.3, -0.25) is 9.59 Å². The second-order valence-electron chi connectivity index (χ2n) is 5.69. The lowest BCUT2D eigenvalue weighted by Gasteiger charge is -2.15. The van der Waals surface area contributed by atoms with Crippen LogP contribution in [0.1, 0.15) is 5.56 Å². The normalized spacial score (nSPS) is 10.5. The van der Waals surface area contributed by atoms with E-state index in [0.717, 1.165) is 0 Å². The molecule has 0 unspecified atom stereocenters. The zero-order valence-electron chi connectivity index (χ0n) is 15.4. The molecule has 0 aliphatic rings. The molecular formula is C20H21FN2O4. The Kier molecular flexibility index (Phi) is 6.93. The number of methoxy groups -OCH3 is 2. The van der Waals surface area contributed by atoms with Crippen LogP contribution in [0.2, 0.25) is 0 Å². The third-order valence-electron chi connectivity index (χ3n) is 3.71. The molecule has 142 valence electrons. The summed E-state index contributed by atoms with van der Waals surface area (Å²) in [6.07, 6.45) is 2.95. The molecule has 6 nitrogen and oxygen atoms in total. The van der Waals surface area contributed by atoms with Crippen molar-refractivity contribution in [3.05, 3.63) is 59.9 Å². The molecule has 0 heterocycles. The van der Waals surface area contributed by atoms with Gasteiger partial charge in [-0.15, -0.1) is 0 Å². The van der Waals surface area contributed by atoms with Crippen molar-refractivity contribution in [1.82, 2.24) is 4.90 Å². The van der Waals surface area contributed by atoms with Crippen LogP contribution in [0, 0.1) is 5.82 Å². The van der Waals surface area contributed by atoms with E-state index in [2.05, 4.69) is 5.32 Å². The van der Waals surface area contributed by atoms with Gasteiger partial charge in [0.05, 0.1) is 20.8 Å². The van der Waals surface area contributed by atoms with E-state index in [-0.39, 0.29) is 12.5 Å². The van der Waals surface area contributed by atoms with Gasteiger partial charge in [-0.1, -0.05) is 6.07 Å². The molecule has 0 saturated carbocycles. The van der Waals surface area contributed by atoms with E-state index >= 15 is 0 Å². The zero-order chi connectivity index (χ0) is 19.8. The fourth-order valence-electron chi connectivity index (χ4n) is 2.30. The summed E-state index contributed by atoms with van der Waals surface area (Å²) in [4.78, 5) is 25.5. The van der Waals surface area contributed by atoms with Crippen molar-refractivity contribution in [3.63, 3.8) is 0 Å². The highest BCUT2D eigenvalue weighted by molar-refractivity contribution is 5.98. The Hall–Kier alpha value is -3.35. The van der Waals surface area contributed by atoms with Crippen molar-refractivity contribution in [2.24, 2.45) is 0 Å². The number of halogens is 1. The lowest BCUT2D eigenvalue weighted by Crippen LogP contribution is -2.33. The first-order chi connectivity index (χ1) is 12.9. The molecule has 0 aromatic heterocycles. The maximum absolute atomic E-state index is 13.1. The molecule has 0 saturated heterocycles. The summed E-state index contributed by atoms with van der Waals surface area (Å²) in [5.41, 5.74) is 1.03. The van der Waals surface area contributed by atoms with Gasteiger partial charge in [0.1, 0.15) is 17.3 Å². The molecule has 1 N–H and O–H groups in total. The number of nitrogens with zero attached hydrogens (tertiary/aromatic N) is 1. The van der Waals surface area contributed by atoms with Crippen LogP contribution < -0.4 is 14.8 Å². The van der Waals surface area contributed by atoms with E-state index in [1.807, 2.05) is 0 Å². The van der Waals surface area contributed by atoms with Gasteiger partial charge in [-0.2, -0.15) is 0 Å². The van der Waals surface area contributed by atoms with Crippen LogP contribution >= 0.6 is 0 Å². The molecule has 0 spiro atoms. The quantitative estimate of drug-likeness (QED) is 0.759. The SMILES string of the molecule is COc1ccc(/C=C/C(=O)N(C)CC(=O)Nc2cccc(F)c2)c(OC)c1. The Labute approximate surface area is 157 Å². The number of hydrogen-bond acceptors (Lipinski definition) is 4. The predicted molar refractivity (Wildman–Crippen MR) is 101 cm³/mol. The molecule has 2 aromatic rings. The van der Waals surface area contributed by atoms with Crippen molar-refractivity contribution in [2.75, 3.05) is 33.1 Å². The van der Waals surface area contributed by atoms with Crippen LogP contribution in [0.25, 0.3) is 6.08 Å². The Morgan fingerprint density at radius 3 is 2.59 bits per heavy atom. The van der Waals surface area contributed by atoms with Crippen LogP contribution in [-0.2, 0) is 9.59 Å². The zero-order valence-corrected chi connectivity index (χ0v) is 15.4. The molecule has 7 heteroatoms. The molecule has 0 bridgehead atoms. The van der Waals surface area contributed by atoms with E-state index in [9.17, 15) is 14.0 Å². The van der Waals surface area contributed by atoms with Gasteiger partial charge in [0, 0.05) is 30.4 Å². The van der Waals surface area contributed by atoms with Gasteiger partial charge in [0.2, 0.25) is 11.8 Å². The van der Waals surface area contributed by atoms with E-state index in [1.165, 1.54) is 43.3 Å². The first-order valence-corrected chi connectivity index (χ1v) is 8.13. The number of nitrogens with one attached hydrogen (secondary N) is 1. The summed E-state index contributed by atoms with van der Waals surface area (Å²) in [6.45, 7) is -0.167. The predicted octanol–water partition coefficient (Wildman–Crippen LogP) is 2.95. The number of hydrogen-bond donors (Lipinski definition) is 1. The number of anilines is 1. The van der Waals surface area contributed by atoms with Crippen molar-refractivity contribution in [3.8, 4) is 11.5 Å². The summed E-state index contributed by atoms with van der Waals surface area (Å²) in [5, 5.41) is 2.54. The molecule has 27 heavy (non-hydrogen) atoms. The highest BCUT2D eigenvalue weighted by Gasteiger charge is 2.11. The minimum absolute atomic E-state index is 0.167. The average molecular weight is 372 g/mol. The van der Waals surface area contributed by atoms with Crippen molar-refractivity contribution in [1.29, 1.82) is 0 Å². The van der Waals surface area contributed by atoms with E-state index in [1.54, 1.807) is 37.5 Å². The first-order valence-electron chi connectivity index (χ1n) is 8.13. The van der Waals surface area contributed by atoms with Gasteiger partial charge >= 0.3 is 0 Å². The Morgan fingerprint density at radius 1 is 1.15 bits per heavy atom. The smallest absolute Gasteiger partial charge is 0.246 e. The van der Waals surface area contributed by atoms with Crippen molar-refractivity contribution >= 4 is 23.6 Å². The number of amides is 2. The third-order valence-corrected chi connectivity index (χ3v) is 3.71. The highest BCUT2D eigenvalue weighted by Crippen LogP contribution is 2.25. The van der Waals surface area contributed by atoms with Crippen LogP contribution in [0.4, 0.5) is 10.1 Å². The average Bonchev–Trinajstić information content (AvgIpc) is 2.65. The minimum atomic E-state index is -0.450. The first kappa shape index (κ1) is 20.0. The second-order valence-corrected chi connectivity index (χ2v) is 5.69. The van der Waals surface area contributed by atoms with Crippen molar-refractivity contribution in [2.45, 2.75) is 0 Å². The van der Waals surface area contributed by atoms with E-state index in [4.69, 9.17) is 9.47 Å². The van der Waals surface area contributed by atoms with Crippen LogP contribution in [-0.4, -0.2) is 44.5 Å². The topological polar surface area (TPSA) is 67.9 Å². The summed E-state index contributed by atoms with van der Waals surface area (Å²) in [6, 6.07) is 10.8. The largest absolute Gasteiger partial charge is 0.497 e. The summed E-state index contributed by atoms with van der Waals surface area (Å²) < 4.78 is 23.5. The number of carbonyl (C=O) groups excluding carboxylic acids is 2. The monoisotopic (exact) mass is 372 g/mol. The molecule has 2 amide bonds. The molecule has 2 rings (SSSR count). The fourth-order valence-corrected chi connectivity index (χ4v) is 2.30. The number of carbonyl (C=O) groups is 2. The second kappa shape index (κ2) is 9.38. The Bertz CT molecular complexity index is 852. The van der Waals surface area contributed by atoms with Crippen molar-refractivity contribution < 1.29 is 23.5 Å². The number of rotatable bonds is 7. The lowest BCUT2D eigenvalue weighted by atomic mass is 10.1. The number of ether oxygens (including phenoxy) is 2. The standard InChI is InChI=1S/C20H21FN2O4/c1-23(13-19(24)22-16-6-4-5-15(21)11-16)20(25)10-8-14-7-9-17(26-2)12-18(14)27-3/h4-12H,13H2,1-3H3,(H,22,24)/b10-8+. The van der Waals surface area contributed by atoms with Crippen LogP contribution in [0.15, 0.2) is 48.5 Å². The van der Waals surface area contributed by atoms with Gasteiger partial charge in [-0.05, 0) is 36.4 Å². The molecule has 0 atom stereocenters. The summed E-state index contributed by atoms with van der Waals surface area (Å²) in [5.74, 6) is -0.0332. The Morgan fingerprint density at radius 2 is 1.93 bits per heavy atom. The Balaban J connectivity index is 1.96.